The van der Waals surface area contributed by atoms with Gasteiger partial charge in [0.25, 0.3) is 17.5 Å². The molecule has 0 aliphatic carbocycles. The number of hydrazine groups is 1. The van der Waals surface area contributed by atoms with Gasteiger partial charge in [-0.25, -0.2) is 9.80 Å². The lowest BCUT2D eigenvalue weighted by Crippen LogP contribution is -2.35. The summed E-state index contributed by atoms with van der Waals surface area (Å²) in [5.74, 6) is -1.44. The van der Waals surface area contributed by atoms with Crippen LogP contribution >= 0.6 is 0 Å². The number of carbonyl (C=O) groups excluding carboxylic acids is 3. The van der Waals surface area contributed by atoms with E-state index in [1.165, 1.54) is 36.4 Å². The fourth-order valence-electron chi connectivity index (χ4n) is 3.33. The number of hydrogen-bond donors (Lipinski definition) is 1. The van der Waals surface area contributed by atoms with Gasteiger partial charge >= 0.3 is 5.97 Å². The summed E-state index contributed by atoms with van der Waals surface area (Å²) in [4.78, 5) is 48.0. The number of nitro groups is 1. The lowest BCUT2D eigenvalue weighted by atomic mass is 10.1. The number of nitrogens with zero attached hydrogens (tertiary/aromatic N) is 2. The third-order valence-electron chi connectivity index (χ3n) is 5.00. The van der Waals surface area contributed by atoms with E-state index < -0.39 is 22.7 Å². The normalized spacial score (nSPS) is 14.1. The van der Waals surface area contributed by atoms with E-state index in [-0.39, 0.29) is 34.9 Å². The second-order valence-electron chi connectivity index (χ2n) is 7.31. The maximum absolute atomic E-state index is 12.8. The number of carbonyl (C=O) groups is 3. The van der Waals surface area contributed by atoms with Gasteiger partial charge in [-0.1, -0.05) is 24.3 Å². The average Bonchev–Trinajstić information content (AvgIpc) is 3.14. The van der Waals surface area contributed by atoms with Gasteiger partial charge in [-0.3, -0.25) is 25.1 Å². The van der Waals surface area contributed by atoms with Crippen molar-refractivity contribution in [1.82, 2.24) is 5.43 Å². The van der Waals surface area contributed by atoms with Crippen molar-refractivity contribution in [2.24, 2.45) is 0 Å². The second-order valence-corrected chi connectivity index (χ2v) is 7.31. The summed E-state index contributed by atoms with van der Waals surface area (Å²) in [5.41, 5.74) is 3.45. The van der Waals surface area contributed by atoms with E-state index >= 15 is 0 Å². The molecule has 0 radical (unpaired) electrons. The zero-order valence-electron chi connectivity index (χ0n) is 18.5. The average molecular weight is 473 g/mol. The molecule has 2 amide bonds. The maximum atomic E-state index is 12.8. The standard InChI is InChI=1S/C25H19N3O7/c1-2-34-22-15-16(14-20-23(29)26-27(24(20)30)18-6-4-3-5-7-18)8-13-21(22)35-25(31)17-9-11-19(12-10-17)28(32)33/h3-15H,2H2,1H3,(H,26,29)/b20-14-. The Labute approximate surface area is 199 Å². The summed E-state index contributed by atoms with van der Waals surface area (Å²) in [6.07, 6.45) is 1.42. The Bertz CT molecular complexity index is 1330. The van der Waals surface area contributed by atoms with Gasteiger partial charge in [0.15, 0.2) is 11.5 Å². The van der Waals surface area contributed by atoms with Crippen LogP contribution in [0.5, 0.6) is 11.5 Å². The van der Waals surface area contributed by atoms with Crippen LogP contribution in [-0.4, -0.2) is 29.3 Å². The summed E-state index contributed by atoms with van der Waals surface area (Å²) in [6.45, 7) is 2.02. The van der Waals surface area contributed by atoms with Gasteiger partial charge in [-0.15, -0.1) is 0 Å². The highest BCUT2D eigenvalue weighted by atomic mass is 16.6. The quantitative estimate of drug-likeness (QED) is 0.138. The highest BCUT2D eigenvalue weighted by molar-refractivity contribution is 6.31. The molecular formula is C25H19N3O7. The van der Waals surface area contributed by atoms with Crippen molar-refractivity contribution in [3.63, 3.8) is 0 Å². The molecule has 176 valence electrons. The first-order valence-electron chi connectivity index (χ1n) is 10.5. The van der Waals surface area contributed by atoms with Crippen molar-refractivity contribution < 1.29 is 28.8 Å². The van der Waals surface area contributed by atoms with Gasteiger partial charge < -0.3 is 9.47 Å². The Morgan fingerprint density at radius 1 is 1.03 bits per heavy atom. The molecule has 3 aromatic carbocycles. The van der Waals surface area contributed by atoms with E-state index in [0.717, 1.165) is 5.01 Å². The largest absolute Gasteiger partial charge is 0.490 e. The minimum Gasteiger partial charge on any atom is -0.490 e. The molecule has 1 aliphatic heterocycles. The summed E-state index contributed by atoms with van der Waals surface area (Å²) >= 11 is 0. The van der Waals surface area contributed by atoms with Crippen LogP contribution in [-0.2, 0) is 9.59 Å². The number of ether oxygens (including phenoxy) is 2. The van der Waals surface area contributed by atoms with Crippen LogP contribution in [0.3, 0.4) is 0 Å². The number of amides is 2. The highest BCUT2D eigenvalue weighted by Gasteiger charge is 2.34. The van der Waals surface area contributed by atoms with Crippen molar-refractivity contribution in [2.75, 3.05) is 11.6 Å². The van der Waals surface area contributed by atoms with Crippen LogP contribution in [0, 0.1) is 10.1 Å². The minimum absolute atomic E-state index is 0.0630. The van der Waals surface area contributed by atoms with Gasteiger partial charge in [-0.05, 0) is 55.0 Å². The third-order valence-corrected chi connectivity index (χ3v) is 5.00. The van der Waals surface area contributed by atoms with E-state index in [4.69, 9.17) is 9.47 Å². The smallest absolute Gasteiger partial charge is 0.343 e. The predicted molar refractivity (Wildman–Crippen MR) is 126 cm³/mol. The predicted octanol–water partition coefficient (Wildman–Crippen LogP) is 3.67. The molecule has 3 aromatic rings. The molecule has 1 heterocycles. The molecule has 1 aliphatic rings. The Hall–Kier alpha value is -4.99. The lowest BCUT2D eigenvalue weighted by molar-refractivity contribution is -0.384. The Kier molecular flexibility index (Phi) is 6.54. The zero-order valence-corrected chi connectivity index (χ0v) is 18.5. The molecule has 10 heteroatoms. The highest BCUT2D eigenvalue weighted by Crippen LogP contribution is 2.31. The molecule has 1 N–H and O–H groups in total. The van der Waals surface area contributed by atoms with Crippen molar-refractivity contribution >= 4 is 35.2 Å². The lowest BCUT2D eigenvalue weighted by Gasteiger charge is -2.14. The molecular weight excluding hydrogens is 454 g/mol. The maximum Gasteiger partial charge on any atom is 0.343 e. The van der Waals surface area contributed by atoms with Crippen LogP contribution in [0.25, 0.3) is 6.08 Å². The third kappa shape index (κ3) is 5.01. The molecule has 0 atom stereocenters. The van der Waals surface area contributed by atoms with E-state index in [1.807, 2.05) is 0 Å². The van der Waals surface area contributed by atoms with Gasteiger partial charge in [0.1, 0.15) is 5.57 Å². The number of nitrogens with one attached hydrogen (secondary N) is 1. The first kappa shape index (κ1) is 23.2. The number of anilines is 1. The SMILES string of the molecule is CCOc1cc(/C=C2/C(=O)NN(c3ccccc3)C2=O)ccc1OC(=O)c1ccc([N+](=O)[O-])cc1. The topological polar surface area (TPSA) is 128 Å². The van der Waals surface area contributed by atoms with E-state index in [9.17, 15) is 24.5 Å². The summed E-state index contributed by atoms with van der Waals surface area (Å²) in [5, 5.41) is 12.0. The molecule has 1 fully saturated rings. The van der Waals surface area contributed by atoms with Crippen LogP contribution in [0.2, 0.25) is 0 Å². The van der Waals surface area contributed by atoms with Gasteiger partial charge in [0.2, 0.25) is 0 Å². The van der Waals surface area contributed by atoms with Crippen molar-refractivity contribution in [3.8, 4) is 11.5 Å². The van der Waals surface area contributed by atoms with E-state index in [2.05, 4.69) is 5.43 Å². The number of rotatable bonds is 7. The van der Waals surface area contributed by atoms with Crippen molar-refractivity contribution in [1.29, 1.82) is 0 Å². The van der Waals surface area contributed by atoms with Crippen molar-refractivity contribution in [3.05, 3.63) is 99.6 Å². The van der Waals surface area contributed by atoms with E-state index in [1.54, 1.807) is 49.4 Å². The molecule has 10 nitrogen and oxygen atoms in total. The minimum atomic E-state index is -0.726. The molecule has 0 aromatic heterocycles. The Morgan fingerprint density at radius 2 is 1.74 bits per heavy atom. The number of benzene rings is 3. The van der Waals surface area contributed by atoms with Crippen LogP contribution in [0.15, 0.2) is 78.4 Å². The van der Waals surface area contributed by atoms with Crippen LogP contribution in [0.4, 0.5) is 11.4 Å². The molecule has 4 rings (SSSR count). The monoisotopic (exact) mass is 473 g/mol. The molecule has 35 heavy (non-hydrogen) atoms. The van der Waals surface area contributed by atoms with E-state index in [0.29, 0.717) is 11.3 Å². The van der Waals surface area contributed by atoms with Gasteiger partial charge in [0, 0.05) is 12.1 Å². The van der Waals surface area contributed by atoms with Crippen LogP contribution in [0.1, 0.15) is 22.8 Å². The number of para-hydroxylation sites is 1. The molecule has 0 unspecified atom stereocenters. The summed E-state index contributed by atoms with van der Waals surface area (Å²) in [7, 11) is 0. The molecule has 0 spiro atoms. The molecule has 0 saturated carbocycles. The Balaban J connectivity index is 1.57. The second kappa shape index (κ2) is 9.87. The molecule has 0 bridgehead atoms. The first-order chi connectivity index (χ1) is 16.9. The fourth-order valence-corrected chi connectivity index (χ4v) is 3.33. The zero-order chi connectivity index (χ0) is 24.9. The first-order valence-corrected chi connectivity index (χ1v) is 10.5. The summed E-state index contributed by atoms with van der Waals surface area (Å²) in [6, 6.07) is 18.3. The Morgan fingerprint density at radius 3 is 2.40 bits per heavy atom. The van der Waals surface area contributed by atoms with Gasteiger partial charge in [-0.2, -0.15) is 0 Å². The van der Waals surface area contributed by atoms with Gasteiger partial charge in [0.05, 0.1) is 22.8 Å². The number of nitro benzene ring substituents is 1. The molecule has 1 saturated heterocycles. The number of hydrogen-bond acceptors (Lipinski definition) is 7. The van der Waals surface area contributed by atoms with Crippen molar-refractivity contribution in [2.45, 2.75) is 6.92 Å². The fraction of sp³-hybridized carbons (Fsp3) is 0.0800. The number of non-ortho nitro benzene ring substituents is 1. The number of esters is 1. The summed E-state index contributed by atoms with van der Waals surface area (Å²) < 4.78 is 11.0. The van der Waals surface area contributed by atoms with Crippen LogP contribution < -0.4 is 19.9 Å².